The van der Waals surface area contributed by atoms with Crippen molar-refractivity contribution in [3.05, 3.63) is 59.4 Å². The van der Waals surface area contributed by atoms with Crippen LogP contribution in [-0.4, -0.2) is 46.1 Å². The molecule has 3 aromatic rings. The largest absolute Gasteiger partial charge is 0.494 e. The molecule has 1 aromatic carbocycles. The van der Waals surface area contributed by atoms with Crippen LogP contribution >= 0.6 is 0 Å². The number of ether oxygens (including phenoxy) is 1. The normalized spacial score (nSPS) is 11.5. The molecule has 2 heterocycles. The van der Waals surface area contributed by atoms with Crippen LogP contribution in [-0.2, 0) is 16.6 Å². The van der Waals surface area contributed by atoms with Gasteiger partial charge in [0.05, 0.1) is 18.0 Å². The molecule has 0 aliphatic rings. The lowest BCUT2D eigenvalue weighted by Gasteiger charge is -2.10. The SMILES string of the molecule is CCCCOc1ccc(S(=O)(=O)NCCn2nc(-n3cncn3)ccc2=O)cc1. The van der Waals surface area contributed by atoms with Gasteiger partial charge in [0.15, 0.2) is 5.82 Å². The van der Waals surface area contributed by atoms with E-state index in [4.69, 9.17) is 4.74 Å². The van der Waals surface area contributed by atoms with Gasteiger partial charge >= 0.3 is 0 Å². The van der Waals surface area contributed by atoms with E-state index in [1.165, 1.54) is 46.3 Å². The molecule has 0 saturated heterocycles. The quantitative estimate of drug-likeness (QED) is 0.487. The highest BCUT2D eigenvalue weighted by Gasteiger charge is 2.14. The Morgan fingerprint density at radius 2 is 1.93 bits per heavy atom. The summed E-state index contributed by atoms with van der Waals surface area (Å²) in [4.78, 5) is 15.9. The molecule has 0 amide bonds. The Kier molecular flexibility index (Phi) is 6.73. The summed E-state index contributed by atoms with van der Waals surface area (Å²) in [6.45, 7) is 2.74. The molecule has 0 bridgehead atoms. The maximum atomic E-state index is 12.5. The van der Waals surface area contributed by atoms with Crippen molar-refractivity contribution in [2.75, 3.05) is 13.2 Å². The van der Waals surface area contributed by atoms with Gasteiger partial charge in [0.1, 0.15) is 18.4 Å². The standard InChI is InChI=1S/C18H22N6O4S/c1-2-3-12-28-15-4-6-16(7-5-15)29(26,27)21-10-11-23-18(25)9-8-17(22-23)24-14-19-13-20-24/h4-9,13-14,21H,2-3,10-12H2,1H3. The third-order valence-electron chi connectivity index (χ3n) is 4.02. The van der Waals surface area contributed by atoms with Gasteiger partial charge in [-0.15, -0.1) is 5.10 Å². The molecule has 0 radical (unpaired) electrons. The molecule has 0 aliphatic heterocycles. The Morgan fingerprint density at radius 3 is 2.62 bits per heavy atom. The first-order valence-electron chi connectivity index (χ1n) is 9.15. The minimum absolute atomic E-state index is 0.00476. The lowest BCUT2D eigenvalue weighted by atomic mass is 10.3. The van der Waals surface area contributed by atoms with Gasteiger partial charge in [0, 0.05) is 12.6 Å². The third kappa shape index (κ3) is 5.48. The Morgan fingerprint density at radius 1 is 1.14 bits per heavy atom. The summed E-state index contributed by atoms with van der Waals surface area (Å²) in [5, 5.41) is 8.12. The van der Waals surface area contributed by atoms with E-state index in [-0.39, 0.29) is 23.5 Å². The second-order valence-electron chi connectivity index (χ2n) is 6.16. The number of sulfonamides is 1. The van der Waals surface area contributed by atoms with Crippen molar-refractivity contribution >= 4 is 10.0 Å². The summed E-state index contributed by atoms with van der Waals surface area (Å²) in [6, 6.07) is 9.08. The van der Waals surface area contributed by atoms with Crippen LogP contribution in [0.3, 0.4) is 0 Å². The van der Waals surface area contributed by atoms with E-state index in [0.29, 0.717) is 18.2 Å². The highest BCUT2D eigenvalue weighted by atomic mass is 32.2. The molecule has 0 spiro atoms. The number of nitrogens with one attached hydrogen (secondary N) is 1. The Labute approximate surface area is 168 Å². The first kappa shape index (κ1) is 20.7. The molecule has 10 nitrogen and oxygen atoms in total. The van der Waals surface area contributed by atoms with Crippen molar-refractivity contribution in [1.82, 2.24) is 29.3 Å². The van der Waals surface area contributed by atoms with Gasteiger partial charge in [-0.1, -0.05) is 13.3 Å². The van der Waals surface area contributed by atoms with Crippen LogP contribution in [0.2, 0.25) is 0 Å². The van der Waals surface area contributed by atoms with Crippen molar-refractivity contribution in [1.29, 1.82) is 0 Å². The van der Waals surface area contributed by atoms with E-state index in [1.54, 1.807) is 12.1 Å². The number of hydrogen-bond donors (Lipinski definition) is 1. The fourth-order valence-electron chi connectivity index (χ4n) is 2.47. The average molecular weight is 418 g/mol. The van der Waals surface area contributed by atoms with E-state index in [2.05, 4.69) is 26.8 Å². The van der Waals surface area contributed by atoms with Gasteiger partial charge in [0.2, 0.25) is 10.0 Å². The van der Waals surface area contributed by atoms with Crippen LogP contribution in [0.25, 0.3) is 5.82 Å². The van der Waals surface area contributed by atoms with Crippen LogP contribution in [0.5, 0.6) is 5.75 Å². The van der Waals surface area contributed by atoms with E-state index < -0.39 is 10.0 Å². The summed E-state index contributed by atoms with van der Waals surface area (Å²) in [5.74, 6) is 1.03. The molecule has 0 unspecified atom stereocenters. The number of aromatic nitrogens is 5. The van der Waals surface area contributed by atoms with Gasteiger partial charge in [0.25, 0.3) is 5.56 Å². The topological polar surface area (TPSA) is 121 Å². The molecule has 1 N–H and O–H groups in total. The predicted molar refractivity (Wildman–Crippen MR) is 105 cm³/mol. The number of benzene rings is 1. The lowest BCUT2D eigenvalue weighted by Crippen LogP contribution is -2.32. The van der Waals surface area contributed by atoms with Crippen LogP contribution in [0.4, 0.5) is 0 Å². The molecule has 154 valence electrons. The van der Waals surface area contributed by atoms with Gasteiger partial charge < -0.3 is 4.74 Å². The second-order valence-corrected chi connectivity index (χ2v) is 7.93. The fraction of sp³-hybridized carbons (Fsp3) is 0.333. The van der Waals surface area contributed by atoms with Crippen LogP contribution in [0.1, 0.15) is 19.8 Å². The van der Waals surface area contributed by atoms with Crippen LogP contribution < -0.4 is 15.0 Å². The Bertz CT molecular complexity index is 1080. The Hall–Kier alpha value is -3.05. The highest BCUT2D eigenvalue weighted by molar-refractivity contribution is 7.89. The predicted octanol–water partition coefficient (Wildman–Crippen LogP) is 0.981. The molecule has 0 fully saturated rings. The van der Waals surface area contributed by atoms with Crippen LogP contribution in [0.15, 0.2) is 58.7 Å². The molecule has 11 heteroatoms. The average Bonchev–Trinajstić information content (AvgIpc) is 3.25. The fourth-order valence-corrected chi connectivity index (χ4v) is 3.49. The molecule has 0 aliphatic carbocycles. The zero-order valence-electron chi connectivity index (χ0n) is 15.9. The third-order valence-corrected chi connectivity index (χ3v) is 5.50. The molecule has 0 atom stereocenters. The molecular formula is C18H22N6O4S. The number of rotatable bonds is 10. The Balaban J connectivity index is 1.61. The number of unbranched alkanes of at least 4 members (excludes halogenated alkanes) is 1. The maximum Gasteiger partial charge on any atom is 0.266 e. The van der Waals surface area contributed by atoms with Crippen molar-refractivity contribution in [3.8, 4) is 11.6 Å². The summed E-state index contributed by atoms with van der Waals surface area (Å²) in [5.41, 5.74) is -0.346. The maximum absolute atomic E-state index is 12.5. The molecule has 2 aromatic heterocycles. The number of hydrogen-bond acceptors (Lipinski definition) is 7. The first-order valence-corrected chi connectivity index (χ1v) is 10.6. The second kappa shape index (κ2) is 9.43. The lowest BCUT2D eigenvalue weighted by molar-refractivity contribution is 0.309. The van der Waals surface area contributed by atoms with Crippen molar-refractivity contribution in [2.45, 2.75) is 31.2 Å². The summed E-state index contributed by atoms with van der Waals surface area (Å²) in [6.07, 6.45) is 4.77. The minimum Gasteiger partial charge on any atom is -0.494 e. The molecule has 0 saturated carbocycles. The summed E-state index contributed by atoms with van der Waals surface area (Å²) in [7, 11) is -3.71. The van der Waals surface area contributed by atoms with Crippen molar-refractivity contribution < 1.29 is 13.2 Å². The van der Waals surface area contributed by atoms with E-state index in [1.807, 2.05) is 0 Å². The summed E-state index contributed by atoms with van der Waals surface area (Å²) < 4.78 is 35.5. The van der Waals surface area contributed by atoms with Crippen molar-refractivity contribution in [2.24, 2.45) is 0 Å². The van der Waals surface area contributed by atoms with Gasteiger partial charge in [-0.3, -0.25) is 4.79 Å². The zero-order valence-corrected chi connectivity index (χ0v) is 16.7. The van der Waals surface area contributed by atoms with Gasteiger partial charge in [-0.2, -0.15) is 5.10 Å². The van der Waals surface area contributed by atoms with Gasteiger partial charge in [-0.05, 0) is 36.8 Å². The smallest absolute Gasteiger partial charge is 0.266 e. The first-order chi connectivity index (χ1) is 14.0. The van der Waals surface area contributed by atoms with E-state index >= 15 is 0 Å². The zero-order chi connectivity index (χ0) is 20.7. The summed E-state index contributed by atoms with van der Waals surface area (Å²) >= 11 is 0. The minimum atomic E-state index is -3.71. The monoisotopic (exact) mass is 418 g/mol. The van der Waals surface area contributed by atoms with Gasteiger partial charge in [-0.25, -0.2) is 27.5 Å². The molecule has 3 rings (SSSR count). The molecule has 29 heavy (non-hydrogen) atoms. The van der Waals surface area contributed by atoms with Crippen molar-refractivity contribution in [3.63, 3.8) is 0 Å². The number of nitrogens with zero attached hydrogens (tertiary/aromatic N) is 5. The van der Waals surface area contributed by atoms with E-state index in [0.717, 1.165) is 12.8 Å². The van der Waals surface area contributed by atoms with Crippen LogP contribution in [0, 0.1) is 0 Å². The van der Waals surface area contributed by atoms with E-state index in [9.17, 15) is 13.2 Å². The molecular weight excluding hydrogens is 396 g/mol. The highest BCUT2D eigenvalue weighted by Crippen LogP contribution is 2.16.